The number of aryl methyl sites for hydroxylation is 1. The van der Waals surface area contributed by atoms with Crippen LogP contribution in [0.25, 0.3) is 0 Å². The van der Waals surface area contributed by atoms with Gasteiger partial charge in [0, 0.05) is 19.3 Å². The molecular formula is C9H17N3S. The molecule has 3 nitrogen and oxygen atoms in total. The molecule has 0 saturated heterocycles. The molecule has 0 bridgehead atoms. The van der Waals surface area contributed by atoms with Gasteiger partial charge in [0.1, 0.15) is 0 Å². The van der Waals surface area contributed by atoms with Gasteiger partial charge in [0.2, 0.25) is 0 Å². The third-order valence-corrected chi connectivity index (χ3v) is 2.58. The van der Waals surface area contributed by atoms with Crippen molar-refractivity contribution < 1.29 is 0 Å². The van der Waals surface area contributed by atoms with Gasteiger partial charge in [-0.25, -0.2) is 0 Å². The third kappa shape index (κ3) is 3.40. The van der Waals surface area contributed by atoms with Gasteiger partial charge in [-0.1, -0.05) is 0 Å². The summed E-state index contributed by atoms with van der Waals surface area (Å²) in [7, 11) is 1.96. The van der Waals surface area contributed by atoms with Gasteiger partial charge in [0.15, 0.2) is 0 Å². The first-order valence-electron chi connectivity index (χ1n) is 4.52. The molecule has 0 radical (unpaired) electrons. The van der Waals surface area contributed by atoms with Gasteiger partial charge in [0.25, 0.3) is 0 Å². The normalized spacial score (nSPS) is 10.6. The van der Waals surface area contributed by atoms with Crippen LogP contribution in [0.1, 0.15) is 12.1 Å². The van der Waals surface area contributed by atoms with Crippen LogP contribution in [-0.2, 0) is 13.1 Å². The van der Waals surface area contributed by atoms with E-state index in [-0.39, 0.29) is 0 Å². The molecule has 1 N–H and O–H groups in total. The van der Waals surface area contributed by atoms with Gasteiger partial charge in [-0.15, -0.1) is 0 Å². The minimum absolute atomic E-state index is 0.902. The lowest BCUT2D eigenvalue weighted by molar-refractivity contribution is 0.565. The van der Waals surface area contributed by atoms with Crippen molar-refractivity contribution in [3.8, 4) is 0 Å². The quantitative estimate of drug-likeness (QED) is 0.702. The highest BCUT2D eigenvalue weighted by Gasteiger charge is 1.99. The summed E-state index contributed by atoms with van der Waals surface area (Å²) < 4.78 is 2.08. The predicted octanol–water partition coefficient (Wildman–Crippen LogP) is 1.36. The molecule has 4 heteroatoms. The molecule has 74 valence electrons. The fourth-order valence-electron chi connectivity index (χ4n) is 1.25. The van der Waals surface area contributed by atoms with Crippen molar-refractivity contribution in [2.75, 3.05) is 19.1 Å². The molecule has 1 aromatic rings. The Hall–Kier alpha value is -0.480. The molecule has 0 aliphatic rings. The Morgan fingerprint density at radius 3 is 3.15 bits per heavy atom. The molecule has 13 heavy (non-hydrogen) atoms. The van der Waals surface area contributed by atoms with Crippen LogP contribution in [0.5, 0.6) is 0 Å². The lowest BCUT2D eigenvalue weighted by atomic mass is 10.4. The van der Waals surface area contributed by atoms with E-state index in [9.17, 15) is 0 Å². The average Bonchev–Trinajstić information content (AvgIpc) is 2.54. The fraction of sp³-hybridized carbons (Fsp3) is 0.667. The summed E-state index contributed by atoms with van der Waals surface area (Å²) in [6, 6.07) is 2.07. The molecule has 0 aromatic carbocycles. The number of rotatable bonds is 6. The number of hydrogen-bond donors (Lipinski definition) is 1. The molecule has 0 atom stereocenters. The van der Waals surface area contributed by atoms with E-state index in [0.717, 1.165) is 13.1 Å². The SMILES string of the molecule is CNCc1ccnn1CCCSC. The summed E-state index contributed by atoms with van der Waals surface area (Å²) in [5.74, 6) is 1.21. The van der Waals surface area contributed by atoms with Crippen molar-refractivity contribution in [2.24, 2.45) is 0 Å². The highest BCUT2D eigenvalue weighted by atomic mass is 32.2. The van der Waals surface area contributed by atoms with Crippen LogP contribution in [-0.4, -0.2) is 28.8 Å². The Bertz CT molecular complexity index is 235. The molecule has 0 saturated carbocycles. The second kappa shape index (κ2) is 6.05. The zero-order valence-corrected chi connectivity index (χ0v) is 9.10. The predicted molar refractivity (Wildman–Crippen MR) is 58.0 cm³/mol. The third-order valence-electron chi connectivity index (χ3n) is 1.88. The van der Waals surface area contributed by atoms with Crippen molar-refractivity contribution >= 4 is 11.8 Å². The van der Waals surface area contributed by atoms with Gasteiger partial charge in [-0.2, -0.15) is 16.9 Å². The highest BCUT2D eigenvalue weighted by molar-refractivity contribution is 7.98. The van der Waals surface area contributed by atoms with Gasteiger partial charge >= 0.3 is 0 Å². The molecular weight excluding hydrogens is 182 g/mol. The maximum atomic E-state index is 4.27. The van der Waals surface area contributed by atoms with E-state index in [0.29, 0.717) is 0 Å². The van der Waals surface area contributed by atoms with Gasteiger partial charge in [-0.3, -0.25) is 4.68 Å². The molecule has 1 rings (SSSR count). The number of hydrogen-bond acceptors (Lipinski definition) is 3. The Balaban J connectivity index is 2.40. The Kier molecular flexibility index (Phi) is 4.93. The van der Waals surface area contributed by atoms with Gasteiger partial charge < -0.3 is 5.32 Å². The van der Waals surface area contributed by atoms with Gasteiger partial charge in [0.05, 0.1) is 5.69 Å². The molecule has 0 aliphatic heterocycles. The Morgan fingerprint density at radius 1 is 1.62 bits per heavy atom. The first-order valence-corrected chi connectivity index (χ1v) is 5.92. The van der Waals surface area contributed by atoms with E-state index in [2.05, 4.69) is 27.4 Å². The minimum Gasteiger partial charge on any atom is -0.314 e. The summed E-state index contributed by atoms with van der Waals surface area (Å²) in [4.78, 5) is 0. The van der Waals surface area contributed by atoms with Crippen LogP contribution >= 0.6 is 11.8 Å². The van der Waals surface area contributed by atoms with Gasteiger partial charge in [-0.05, 0) is 31.5 Å². The molecule has 0 aliphatic carbocycles. The summed E-state index contributed by atoms with van der Waals surface area (Å²) in [6.45, 7) is 1.93. The second-order valence-electron chi connectivity index (χ2n) is 2.92. The minimum atomic E-state index is 0.902. The number of nitrogens with one attached hydrogen (secondary N) is 1. The zero-order valence-electron chi connectivity index (χ0n) is 8.29. The highest BCUT2D eigenvalue weighted by Crippen LogP contribution is 2.02. The van der Waals surface area contributed by atoms with Crippen LogP contribution in [0.3, 0.4) is 0 Å². The number of nitrogens with zero attached hydrogens (tertiary/aromatic N) is 2. The van der Waals surface area contributed by atoms with Crippen LogP contribution in [0.2, 0.25) is 0 Å². The zero-order chi connectivity index (χ0) is 9.52. The van der Waals surface area contributed by atoms with Crippen LogP contribution in [0.15, 0.2) is 12.3 Å². The van der Waals surface area contributed by atoms with E-state index in [4.69, 9.17) is 0 Å². The van der Waals surface area contributed by atoms with E-state index in [1.54, 1.807) is 0 Å². The van der Waals surface area contributed by atoms with Crippen LogP contribution in [0.4, 0.5) is 0 Å². The van der Waals surface area contributed by atoms with E-state index >= 15 is 0 Å². The summed E-state index contributed by atoms with van der Waals surface area (Å²) in [5.41, 5.74) is 1.27. The first-order chi connectivity index (χ1) is 6.38. The maximum Gasteiger partial charge on any atom is 0.0521 e. The summed E-state index contributed by atoms with van der Waals surface area (Å²) in [6.07, 6.45) is 5.20. The van der Waals surface area contributed by atoms with E-state index < -0.39 is 0 Å². The molecule has 1 aromatic heterocycles. The Morgan fingerprint density at radius 2 is 2.46 bits per heavy atom. The van der Waals surface area contributed by atoms with E-state index in [1.165, 1.54) is 17.9 Å². The molecule has 1 heterocycles. The van der Waals surface area contributed by atoms with Crippen molar-refractivity contribution in [1.29, 1.82) is 0 Å². The summed E-state index contributed by atoms with van der Waals surface area (Å²) >= 11 is 1.89. The number of aromatic nitrogens is 2. The van der Waals surface area contributed by atoms with Crippen LogP contribution < -0.4 is 5.32 Å². The Labute approximate surface area is 83.9 Å². The monoisotopic (exact) mass is 199 g/mol. The topological polar surface area (TPSA) is 29.9 Å². The smallest absolute Gasteiger partial charge is 0.0521 e. The maximum absolute atomic E-state index is 4.27. The number of thioether (sulfide) groups is 1. The van der Waals surface area contributed by atoms with Crippen molar-refractivity contribution in [1.82, 2.24) is 15.1 Å². The lowest BCUT2D eigenvalue weighted by Gasteiger charge is -2.05. The van der Waals surface area contributed by atoms with Crippen LogP contribution in [0, 0.1) is 0 Å². The van der Waals surface area contributed by atoms with Crippen molar-refractivity contribution in [2.45, 2.75) is 19.5 Å². The molecule has 0 unspecified atom stereocenters. The van der Waals surface area contributed by atoms with Crippen molar-refractivity contribution in [3.05, 3.63) is 18.0 Å². The molecule has 0 amide bonds. The lowest BCUT2D eigenvalue weighted by Crippen LogP contribution is -2.12. The molecule has 0 fully saturated rings. The first kappa shape index (κ1) is 10.6. The second-order valence-corrected chi connectivity index (χ2v) is 3.91. The average molecular weight is 199 g/mol. The summed E-state index contributed by atoms with van der Waals surface area (Å²) in [5, 5.41) is 7.41. The van der Waals surface area contributed by atoms with E-state index in [1.807, 2.05) is 25.0 Å². The molecule has 0 spiro atoms. The van der Waals surface area contributed by atoms with Crippen molar-refractivity contribution in [3.63, 3.8) is 0 Å². The fourth-order valence-corrected chi connectivity index (χ4v) is 1.67. The standard InChI is InChI=1S/C9H17N3S/c1-10-8-9-4-5-11-12(9)6-3-7-13-2/h4-5,10H,3,6-8H2,1-2H3. The largest absolute Gasteiger partial charge is 0.314 e.